The summed E-state index contributed by atoms with van der Waals surface area (Å²) in [5.74, 6) is 1.63. The van der Waals surface area contributed by atoms with Crippen LogP contribution in [0.5, 0.6) is 0 Å². The van der Waals surface area contributed by atoms with Gasteiger partial charge in [-0.25, -0.2) is 4.98 Å². The van der Waals surface area contributed by atoms with Crippen LogP contribution in [0.4, 0.5) is 5.82 Å². The molecule has 8 heteroatoms. The van der Waals surface area contributed by atoms with Gasteiger partial charge in [0.2, 0.25) is 11.9 Å². The van der Waals surface area contributed by atoms with Gasteiger partial charge in [-0.15, -0.1) is 0 Å². The molecule has 28 heavy (non-hydrogen) atoms. The van der Waals surface area contributed by atoms with E-state index < -0.39 is 0 Å². The summed E-state index contributed by atoms with van der Waals surface area (Å²) in [4.78, 5) is 31.9. The van der Waals surface area contributed by atoms with E-state index in [0.29, 0.717) is 40.9 Å². The molecule has 0 unspecified atom stereocenters. The van der Waals surface area contributed by atoms with Crippen molar-refractivity contribution in [1.29, 1.82) is 0 Å². The third-order valence-corrected chi connectivity index (χ3v) is 5.28. The Kier molecular flexibility index (Phi) is 4.85. The van der Waals surface area contributed by atoms with Gasteiger partial charge in [0, 0.05) is 23.7 Å². The number of carbonyl (C=O) groups excluding carboxylic acids is 1. The van der Waals surface area contributed by atoms with Crippen molar-refractivity contribution in [3.05, 3.63) is 46.1 Å². The number of carbonyl (C=O) groups is 1. The molecule has 1 aliphatic rings. The lowest BCUT2D eigenvalue weighted by Crippen LogP contribution is -2.21. The Morgan fingerprint density at radius 3 is 2.82 bits per heavy atom. The van der Waals surface area contributed by atoms with Crippen LogP contribution in [-0.2, 0) is 4.79 Å². The highest BCUT2D eigenvalue weighted by molar-refractivity contribution is 5.90. The number of hydrogen-bond acceptors (Lipinski definition) is 5. The van der Waals surface area contributed by atoms with Gasteiger partial charge in [0.15, 0.2) is 5.76 Å². The van der Waals surface area contributed by atoms with Crippen LogP contribution >= 0.6 is 0 Å². The number of nitrogens with zero attached hydrogens (tertiary/aromatic N) is 3. The molecule has 0 radical (unpaired) electrons. The number of furan rings is 1. The van der Waals surface area contributed by atoms with Gasteiger partial charge in [0.1, 0.15) is 11.5 Å². The number of amides is 1. The molecule has 0 atom stereocenters. The fourth-order valence-corrected chi connectivity index (χ4v) is 3.58. The molecular weight excluding hydrogens is 358 g/mol. The van der Waals surface area contributed by atoms with E-state index in [-0.39, 0.29) is 17.4 Å². The summed E-state index contributed by atoms with van der Waals surface area (Å²) in [5, 5.41) is 7.42. The Hall–Kier alpha value is -3.16. The van der Waals surface area contributed by atoms with Crippen LogP contribution in [0, 0.1) is 19.8 Å². The van der Waals surface area contributed by atoms with Crippen molar-refractivity contribution >= 4 is 11.7 Å². The van der Waals surface area contributed by atoms with Crippen LogP contribution in [0.15, 0.2) is 33.7 Å². The Labute approximate surface area is 162 Å². The van der Waals surface area contributed by atoms with E-state index in [0.717, 1.165) is 12.8 Å². The lowest BCUT2D eigenvalue weighted by atomic mass is 10.0. The van der Waals surface area contributed by atoms with Crippen LogP contribution in [-0.4, -0.2) is 25.7 Å². The second kappa shape index (κ2) is 7.46. The standard InChI is InChI=1S/C20H23N5O3/c1-12-13(2)21-20(23-19(12)27)25-17(11-15(24-25)16-8-5-9-28-16)22-18(26)10-14-6-3-4-7-14/h5,8-9,11,14H,3-4,6-7,10H2,1-2H3,(H,22,26)(H,21,23,27). The van der Waals surface area contributed by atoms with Crippen molar-refractivity contribution in [2.75, 3.05) is 5.32 Å². The zero-order valence-corrected chi connectivity index (χ0v) is 16.0. The van der Waals surface area contributed by atoms with Crippen molar-refractivity contribution in [1.82, 2.24) is 19.7 Å². The molecule has 3 heterocycles. The normalized spacial score (nSPS) is 14.5. The van der Waals surface area contributed by atoms with Gasteiger partial charge < -0.3 is 9.73 Å². The lowest BCUT2D eigenvalue weighted by molar-refractivity contribution is -0.117. The van der Waals surface area contributed by atoms with E-state index in [1.165, 1.54) is 17.5 Å². The van der Waals surface area contributed by atoms with Crippen LogP contribution < -0.4 is 10.9 Å². The van der Waals surface area contributed by atoms with Crippen LogP contribution in [0.1, 0.15) is 43.4 Å². The van der Waals surface area contributed by atoms with E-state index in [2.05, 4.69) is 20.4 Å². The van der Waals surface area contributed by atoms with Crippen molar-refractivity contribution < 1.29 is 9.21 Å². The van der Waals surface area contributed by atoms with Crippen LogP contribution in [0.3, 0.4) is 0 Å². The van der Waals surface area contributed by atoms with Gasteiger partial charge in [0.05, 0.1) is 6.26 Å². The fraction of sp³-hybridized carbons (Fsp3) is 0.400. The maximum absolute atomic E-state index is 12.6. The molecule has 1 fully saturated rings. The molecule has 146 valence electrons. The molecule has 0 aliphatic heterocycles. The molecule has 4 rings (SSSR count). The summed E-state index contributed by atoms with van der Waals surface area (Å²) >= 11 is 0. The molecule has 0 spiro atoms. The first-order chi connectivity index (χ1) is 13.5. The van der Waals surface area contributed by atoms with E-state index in [1.54, 1.807) is 38.3 Å². The van der Waals surface area contributed by atoms with Gasteiger partial charge in [0.25, 0.3) is 5.56 Å². The summed E-state index contributed by atoms with van der Waals surface area (Å²) < 4.78 is 6.86. The van der Waals surface area contributed by atoms with E-state index in [4.69, 9.17) is 4.42 Å². The molecule has 3 aromatic rings. The summed E-state index contributed by atoms with van der Waals surface area (Å²) in [6.45, 7) is 3.48. The predicted octanol–water partition coefficient (Wildman–Crippen LogP) is 3.35. The lowest BCUT2D eigenvalue weighted by Gasteiger charge is -2.11. The topological polar surface area (TPSA) is 106 Å². The maximum atomic E-state index is 12.6. The monoisotopic (exact) mass is 381 g/mol. The van der Waals surface area contributed by atoms with Crippen LogP contribution in [0.25, 0.3) is 17.4 Å². The molecule has 1 amide bonds. The summed E-state index contributed by atoms with van der Waals surface area (Å²) in [5.41, 5.74) is 1.47. The average Bonchev–Trinajstić information content (AvgIpc) is 3.40. The van der Waals surface area contributed by atoms with Crippen molar-refractivity contribution in [2.45, 2.75) is 46.0 Å². The van der Waals surface area contributed by atoms with Gasteiger partial charge in [-0.1, -0.05) is 12.8 Å². The first-order valence-corrected chi connectivity index (χ1v) is 9.53. The molecule has 8 nitrogen and oxygen atoms in total. The number of nitrogens with one attached hydrogen (secondary N) is 2. The molecular formula is C20H23N5O3. The fourth-order valence-electron chi connectivity index (χ4n) is 3.58. The minimum Gasteiger partial charge on any atom is -0.463 e. The van der Waals surface area contributed by atoms with Crippen molar-refractivity contribution in [2.24, 2.45) is 5.92 Å². The average molecular weight is 381 g/mol. The van der Waals surface area contributed by atoms with E-state index in [9.17, 15) is 9.59 Å². The Morgan fingerprint density at radius 2 is 2.14 bits per heavy atom. The zero-order valence-electron chi connectivity index (χ0n) is 16.0. The number of H-pyrrole nitrogens is 1. The van der Waals surface area contributed by atoms with E-state index in [1.807, 2.05) is 0 Å². The van der Waals surface area contributed by atoms with E-state index >= 15 is 0 Å². The Balaban J connectivity index is 1.69. The number of anilines is 1. The molecule has 0 aromatic carbocycles. The van der Waals surface area contributed by atoms with Crippen molar-refractivity contribution in [3.8, 4) is 17.4 Å². The molecule has 0 bridgehead atoms. The van der Waals surface area contributed by atoms with Gasteiger partial charge in [-0.05, 0) is 44.7 Å². The number of aromatic nitrogens is 4. The van der Waals surface area contributed by atoms with Crippen LogP contribution in [0.2, 0.25) is 0 Å². The quantitative estimate of drug-likeness (QED) is 0.705. The second-order valence-corrected chi connectivity index (χ2v) is 7.31. The predicted molar refractivity (Wildman–Crippen MR) is 104 cm³/mol. The second-order valence-electron chi connectivity index (χ2n) is 7.31. The van der Waals surface area contributed by atoms with Gasteiger partial charge >= 0.3 is 0 Å². The summed E-state index contributed by atoms with van der Waals surface area (Å²) in [7, 11) is 0. The smallest absolute Gasteiger partial charge is 0.255 e. The van der Waals surface area contributed by atoms with Gasteiger partial charge in [-0.2, -0.15) is 9.78 Å². The number of hydrogen-bond donors (Lipinski definition) is 2. The highest BCUT2D eigenvalue weighted by Crippen LogP contribution is 2.29. The summed E-state index contributed by atoms with van der Waals surface area (Å²) in [6, 6.07) is 5.27. The number of rotatable bonds is 5. The largest absolute Gasteiger partial charge is 0.463 e. The summed E-state index contributed by atoms with van der Waals surface area (Å²) in [6.07, 6.45) is 6.60. The Bertz CT molecular complexity index is 1040. The Morgan fingerprint density at radius 1 is 1.36 bits per heavy atom. The highest BCUT2D eigenvalue weighted by Gasteiger charge is 2.21. The maximum Gasteiger partial charge on any atom is 0.255 e. The number of aryl methyl sites for hydroxylation is 1. The molecule has 1 saturated carbocycles. The van der Waals surface area contributed by atoms with Gasteiger partial charge in [-0.3, -0.25) is 14.6 Å². The molecule has 3 aromatic heterocycles. The first-order valence-electron chi connectivity index (χ1n) is 9.53. The van der Waals surface area contributed by atoms with Crippen molar-refractivity contribution in [3.63, 3.8) is 0 Å². The minimum absolute atomic E-state index is 0.0646. The highest BCUT2D eigenvalue weighted by atomic mass is 16.3. The minimum atomic E-state index is -0.235. The molecule has 1 aliphatic carbocycles. The SMILES string of the molecule is Cc1nc(-n2nc(-c3ccco3)cc2NC(=O)CC2CCCC2)[nH]c(=O)c1C. The molecule has 0 saturated heterocycles. The zero-order chi connectivity index (χ0) is 19.7. The first kappa shape index (κ1) is 18.2. The third-order valence-electron chi connectivity index (χ3n) is 5.28. The third kappa shape index (κ3) is 3.62. The number of aromatic amines is 1. The molecule has 2 N–H and O–H groups in total.